The zero-order chi connectivity index (χ0) is 17.2. The molecule has 2 unspecified atom stereocenters. The Morgan fingerprint density at radius 1 is 1.32 bits per heavy atom. The Morgan fingerprint density at radius 2 is 2.16 bits per heavy atom. The van der Waals surface area contributed by atoms with Crippen LogP contribution in [0.25, 0.3) is 0 Å². The molecule has 25 heavy (non-hydrogen) atoms. The van der Waals surface area contributed by atoms with Crippen molar-refractivity contribution >= 4 is 5.78 Å². The van der Waals surface area contributed by atoms with Gasteiger partial charge in [0.1, 0.15) is 11.5 Å². The first-order chi connectivity index (χ1) is 12.1. The van der Waals surface area contributed by atoms with Crippen molar-refractivity contribution in [1.82, 2.24) is 4.90 Å². The van der Waals surface area contributed by atoms with E-state index >= 15 is 0 Å². The molecule has 4 atom stereocenters. The number of methoxy groups -OCH3 is 1. The normalized spacial score (nSPS) is 37.4. The summed E-state index contributed by atoms with van der Waals surface area (Å²) < 4.78 is 5.53. The van der Waals surface area contributed by atoms with E-state index in [9.17, 15) is 4.79 Å². The Labute approximate surface area is 150 Å². The fourth-order valence-electron chi connectivity index (χ4n) is 6.03. The van der Waals surface area contributed by atoms with Gasteiger partial charge in [0.25, 0.3) is 0 Å². The summed E-state index contributed by atoms with van der Waals surface area (Å²) in [5, 5.41) is 0. The van der Waals surface area contributed by atoms with Crippen molar-refractivity contribution in [1.29, 1.82) is 0 Å². The third kappa shape index (κ3) is 2.38. The molecule has 4 aliphatic rings. The summed E-state index contributed by atoms with van der Waals surface area (Å²) in [7, 11) is 1.74. The van der Waals surface area contributed by atoms with Gasteiger partial charge in [0.15, 0.2) is 0 Å². The number of hydrogen-bond donors (Lipinski definition) is 0. The molecule has 1 heterocycles. The van der Waals surface area contributed by atoms with E-state index in [2.05, 4.69) is 30.0 Å². The Balaban J connectivity index is 1.60. The molecule has 1 saturated heterocycles. The van der Waals surface area contributed by atoms with Crippen molar-refractivity contribution in [2.24, 2.45) is 17.8 Å². The van der Waals surface area contributed by atoms with Gasteiger partial charge in [-0.2, -0.15) is 0 Å². The number of carbonyl (C=O) groups is 1. The average Bonchev–Trinajstić information content (AvgIpc) is 3.42. The molecular weight excluding hydrogens is 310 g/mol. The first-order valence-corrected chi connectivity index (χ1v) is 10.0. The molecule has 3 aliphatic carbocycles. The molecule has 0 N–H and O–H groups in total. The molecule has 5 rings (SSSR count). The molecule has 134 valence electrons. The molecule has 1 aromatic carbocycles. The van der Waals surface area contributed by atoms with E-state index in [1.807, 2.05) is 0 Å². The monoisotopic (exact) mass is 339 g/mol. The third-order valence-corrected chi connectivity index (χ3v) is 7.61. The van der Waals surface area contributed by atoms with Gasteiger partial charge in [-0.1, -0.05) is 13.0 Å². The van der Waals surface area contributed by atoms with Crippen LogP contribution in [0.15, 0.2) is 18.2 Å². The van der Waals surface area contributed by atoms with Crippen molar-refractivity contribution in [3.8, 4) is 5.75 Å². The van der Waals surface area contributed by atoms with Gasteiger partial charge in [0.2, 0.25) is 0 Å². The zero-order valence-electron chi connectivity index (χ0n) is 15.5. The SMILES string of the molecule is COc1ccc2c(c1)C13CCN(CC4CC4)C(C2)[C@@H]1C[C@H](C)C(=O)C3. The van der Waals surface area contributed by atoms with Gasteiger partial charge in [-0.15, -0.1) is 0 Å². The minimum absolute atomic E-state index is 0.0659. The van der Waals surface area contributed by atoms with Crippen LogP contribution in [0.4, 0.5) is 0 Å². The smallest absolute Gasteiger partial charge is 0.136 e. The van der Waals surface area contributed by atoms with Crippen LogP contribution in [0.1, 0.15) is 50.2 Å². The van der Waals surface area contributed by atoms with Crippen LogP contribution in [0.2, 0.25) is 0 Å². The molecule has 0 radical (unpaired) electrons. The number of ketones is 1. The summed E-state index contributed by atoms with van der Waals surface area (Å²) >= 11 is 0. The van der Waals surface area contributed by atoms with Crippen molar-refractivity contribution in [3.05, 3.63) is 29.3 Å². The first kappa shape index (κ1) is 15.9. The van der Waals surface area contributed by atoms with Crippen molar-refractivity contribution < 1.29 is 9.53 Å². The van der Waals surface area contributed by atoms with Crippen LogP contribution in [-0.4, -0.2) is 36.9 Å². The molecule has 0 aromatic heterocycles. The molecule has 3 fully saturated rings. The zero-order valence-corrected chi connectivity index (χ0v) is 15.5. The van der Waals surface area contributed by atoms with E-state index in [0.717, 1.165) is 43.9 Å². The first-order valence-electron chi connectivity index (χ1n) is 10.0. The van der Waals surface area contributed by atoms with Crippen LogP contribution < -0.4 is 4.74 Å². The minimum atomic E-state index is 0.0659. The summed E-state index contributed by atoms with van der Waals surface area (Å²) in [6.07, 6.45) is 6.94. The molecule has 3 heteroatoms. The Morgan fingerprint density at radius 3 is 2.92 bits per heavy atom. The Bertz CT molecular complexity index is 710. The average molecular weight is 339 g/mol. The second-order valence-corrected chi connectivity index (χ2v) is 9.03. The van der Waals surface area contributed by atoms with E-state index in [0.29, 0.717) is 17.7 Å². The van der Waals surface area contributed by atoms with Crippen LogP contribution in [0, 0.1) is 17.8 Å². The van der Waals surface area contributed by atoms with E-state index in [4.69, 9.17) is 4.74 Å². The molecule has 2 bridgehead atoms. The summed E-state index contributed by atoms with van der Waals surface area (Å²) in [5.74, 6) is 3.21. The predicted molar refractivity (Wildman–Crippen MR) is 98.0 cm³/mol. The molecule has 0 amide bonds. The van der Waals surface area contributed by atoms with Crippen LogP contribution >= 0.6 is 0 Å². The number of likely N-dealkylation sites (tertiary alicyclic amines) is 1. The van der Waals surface area contributed by atoms with Crippen molar-refractivity contribution in [3.63, 3.8) is 0 Å². The van der Waals surface area contributed by atoms with Gasteiger partial charge >= 0.3 is 0 Å². The topological polar surface area (TPSA) is 29.5 Å². The van der Waals surface area contributed by atoms with Crippen LogP contribution in [-0.2, 0) is 16.6 Å². The lowest BCUT2D eigenvalue weighted by atomic mass is 9.50. The number of nitrogens with zero attached hydrogens (tertiary/aromatic N) is 1. The summed E-state index contributed by atoms with van der Waals surface area (Å²) in [6.45, 7) is 4.60. The van der Waals surface area contributed by atoms with Gasteiger partial charge in [-0.3, -0.25) is 9.69 Å². The standard InChI is InChI=1S/C22H29NO2/c1-14-9-19-20-10-16-5-6-17(25-2)11-18(16)22(19,12-21(14)24)7-8-23(20)13-15-3-4-15/h5-6,11,14-15,19-20H,3-4,7-10,12-13H2,1-2H3/t14-,19-,20?,22?/m0/s1. The van der Waals surface area contributed by atoms with E-state index < -0.39 is 0 Å². The number of ether oxygens (including phenoxy) is 1. The second kappa shape index (κ2) is 5.57. The van der Waals surface area contributed by atoms with Gasteiger partial charge in [0.05, 0.1) is 7.11 Å². The Kier molecular flexibility index (Phi) is 3.54. The van der Waals surface area contributed by atoms with Crippen LogP contribution in [0.3, 0.4) is 0 Å². The number of hydrogen-bond acceptors (Lipinski definition) is 3. The largest absolute Gasteiger partial charge is 0.497 e. The van der Waals surface area contributed by atoms with E-state index in [1.54, 1.807) is 7.11 Å². The fourth-order valence-corrected chi connectivity index (χ4v) is 6.03. The number of piperidine rings is 1. The lowest BCUT2D eigenvalue weighted by Gasteiger charge is -2.59. The maximum atomic E-state index is 12.7. The molecule has 2 saturated carbocycles. The van der Waals surface area contributed by atoms with Crippen molar-refractivity contribution in [2.45, 2.75) is 56.9 Å². The highest BCUT2D eigenvalue weighted by atomic mass is 16.5. The maximum absolute atomic E-state index is 12.7. The fraction of sp³-hybridized carbons (Fsp3) is 0.682. The van der Waals surface area contributed by atoms with Gasteiger partial charge in [0, 0.05) is 30.3 Å². The van der Waals surface area contributed by atoms with E-state index in [-0.39, 0.29) is 11.3 Å². The lowest BCUT2D eigenvalue weighted by Crippen LogP contribution is -2.63. The number of Topliss-reactive ketones (excluding diaryl/α,β-unsaturated/α-hetero) is 1. The number of benzene rings is 1. The molecule has 1 aromatic rings. The quantitative estimate of drug-likeness (QED) is 0.843. The number of rotatable bonds is 3. The van der Waals surface area contributed by atoms with Crippen LogP contribution in [0.5, 0.6) is 5.75 Å². The molecule has 1 aliphatic heterocycles. The summed E-state index contributed by atoms with van der Waals surface area (Å²) in [5.41, 5.74) is 2.96. The summed E-state index contributed by atoms with van der Waals surface area (Å²) in [4.78, 5) is 15.5. The highest BCUT2D eigenvalue weighted by molar-refractivity contribution is 5.83. The van der Waals surface area contributed by atoms with E-state index in [1.165, 1.54) is 30.5 Å². The molecule has 3 nitrogen and oxygen atoms in total. The highest BCUT2D eigenvalue weighted by Gasteiger charge is 2.57. The summed E-state index contributed by atoms with van der Waals surface area (Å²) in [6, 6.07) is 7.25. The predicted octanol–water partition coefficient (Wildman–Crippen LogP) is 3.59. The van der Waals surface area contributed by atoms with Gasteiger partial charge in [-0.05, 0) is 73.7 Å². The molecule has 0 spiro atoms. The van der Waals surface area contributed by atoms with Gasteiger partial charge in [-0.25, -0.2) is 0 Å². The van der Waals surface area contributed by atoms with Gasteiger partial charge < -0.3 is 4.74 Å². The second-order valence-electron chi connectivity index (χ2n) is 9.03. The minimum Gasteiger partial charge on any atom is -0.497 e. The molecular formula is C22H29NO2. The number of carbonyl (C=O) groups excluding carboxylic acids is 1. The van der Waals surface area contributed by atoms with Crippen molar-refractivity contribution in [2.75, 3.05) is 20.2 Å². The number of fused-ring (bicyclic) bond motifs is 1. The lowest BCUT2D eigenvalue weighted by molar-refractivity contribution is -0.132. The highest BCUT2D eigenvalue weighted by Crippen LogP contribution is 2.56. The third-order valence-electron chi connectivity index (χ3n) is 7.61. The Hall–Kier alpha value is -1.35. The maximum Gasteiger partial charge on any atom is 0.136 e.